The minimum absolute atomic E-state index is 0.226. The minimum Gasteiger partial charge on any atom is -0.319 e. The summed E-state index contributed by atoms with van der Waals surface area (Å²) in [5, 5.41) is 2.88. The van der Waals surface area contributed by atoms with Crippen LogP contribution in [0.3, 0.4) is 0 Å². The number of thiazole rings is 1. The molecule has 2 nitrogen and oxygen atoms in total. The van der Waals surface area contributed by atoms with Crippen LogP contribution in [-0.2, 0) is 5.54 Å². The van der Waals surface area contributed by atoms with E-state index in [2.05, 4.69) is 4.98 Å². The van der Waals surface area contributed by atoms with Crippen molar-refractivity contribution in [1.29, 1.82) is 0 Å². The van der Waals surface area contributed by atoms with Crippen molar-refractivity contribution < 1.29 is 4.39 Å². The Morgan fingerprint density at radius 1 is 1.10 bits per heavy atom. The molecule has 0 aliphatic heterocycles. The maximum absolute atomic E-state index is 13.8. The summed E-state index contributed by atoms with van der Waals surface area (Å²) >= 11 is 1.56. The van der Waals surface area contributed by atoms with E-state index < -0.39 is 0 Å². The van der Waals surface area contributed by atoms with E-state index in [-0.39, 0.29) is 11.4 Å². The van der Waals surface area contributed by atoms with E-state index in [9.17, 15) is 4.39 Å². The van der Waals surface area contributed by atoms with E-state index in [0.29, 0.717) is 11.3 Å². The molecule has 1 heterocycles. The summed E-state index contributed by atoms with van der Waals surface area (Å²) in [6.45, 7) is 0. The fourth-order valence-electron chi connectivity index (χ4n) is 2.87. The molecule has 1 fully saturated rings. The van der Waals surface area contributed by atoms with Crippen LogP contribution in [0.4, 0.5) is 4.39 Å². The molecular formula is C16H19FN2S. The molecule has 3 rings (SSSR count). The number of nitrogens with zero attached hydrogens (tertiary/aromatic N) is 1. The van der Waals surface area contributed by atoms with Crippen molar-refractivity contribution in [3.63, 3.8) is 0 Å². The number of rotatable bonds is 2. The van der Waals surface area contributed by atoms with Gasteiger partial charge in [-0.3, -0.25) is 0 Å². The molecular weight excluding hydrogens is 271 g/mol. The Morgan fingerprint density at radius 3 is 2.50 bits per heavy atom. The summed E-state index contributed by atoms with van der Waals surface area (Å²) in [6, 6.07) is 6.77. The van der Waals surface area contributed by atoms with Gasteiger partial charge in [0.15, 0.2) is 0 Å². The van der Waals surface area contributed by atoms with E-state index >= 15 is 0 Å². The molecule has 2 N–H and O–H groups in total. The topological polar surface area (TPSA) is 38.9 Å². The van der Waals surface area contributed by atoms with Crippen molar-refractivity contribution in [2.75, 3.05) is 0 Å². The zero-order chi connectivity index (χ0) is 14.0. The lowest BCUT2D eigenvalue weighted by atomic mass is 9.92. The zero-order valence-corrected chi connectivity index (χ0v) is 12.3. The van der Waals surface area contributed by atoms with E-state index in [4.69, 9.17) is 5.73 Å². The second kappa shape index (κ2) is 5.62. The minimum atomic E-state index is -0.315. The normalized spacial score (nSPS) is 18.7. The van der Waals surface area contributed by atoms with Crippen molar-refractivity contribution in [3.05, 3.63) is 40.5 Å². The first-order valence-electron chi connectivity index (χ1n) is 7.19. The first-order chi connectivity index (χ1) is 9.69. The third kappa shape index (κ3) is 2.63. The summed E-state index contributed by atoms with van der Waals surface area (Å²) in [6.07, 6.45) is 6.79. The Morgan fingerprint density at radius 2 is 1.80 bits per heavy atom. The predicted octanol–water partition coefficient (Wildman–Crippen LogP) is 4.46. The second-order valence-corrected chi connectivity index (χ2v) is 6.45. The lowest BCUT2D eigenvalue weighted by molar-refractivity contribution is 0.384. The highest BCUT2D eigenvalue weighted by Gasteiger charge is 2.31. The van der Waals surface area contributed by atoms with Crippen LogP contribution >= 0.6 is 11.3 Å². The highest BCUT2D eigenvalue weighted by atomic mass is 32.1. The van der Waals surface area contributed by atoms with Gasteiger partial charge >= 0.3 is 0 Å². The molecule has 0 atom stereocenters. The highest BCUT2D eigenvalue weighted by Crippen LogP contribution is 2.37. The molecule has 1 saturated carbocycles. The number of hydrogen-bond donors (Lipinski definition) is 1. The Labute approximate surface area is 122 Å². The van der Waals surface area contributed by atoms with Crippen molar-refractivity contribution in [3.8, 4) is 11.3 Å². The maximum atomic E-state index is 13.8. The highest BCUT2D eigenvalue weighted by molar-refractivity contribution is 7.10. The van der Waals surface area contributed by atoms with Gasteiger partial charge in [0.2, 0.25) is 0 Å². The molecule has 1 aromatic carbocycles. The van der Waals surface area contributed by atoms with Gasteiger partial charge in [0.25, 0.3) is 0 Å². The Bertz CT molecular complexity index is 586. The van der Waals surface area contributed by atoms with Crippen LogP contribution in [0.25, 0.3) is 11.3 Å². The van der Waals surface area contributed by atoms with Crippen LogP contribution in [0.15, 0.2) is 29.6 Å². The Hall–Kier alpha value is -1.26. The fourth-order valence-corrected chi connectivity index (χ4v) is 3.86. The number of hydrogen-bond acceptors (Lipinski definition) is 3. The summed E-state index contributed by atoms with van der Waals surface area (Å²) in [5.74, 6) is -0.226. The van der Waals surface area contributed by atoms with Crippen molar-refractivity contribution in [1.82, 2.24) is 4.98 Å². The van der Waals surface area contributed by atoms with Gasteiger partial charge in [-0.2, -0.15) is 0 Å². The van der Waals surface area contributed by atoms with E-state index in [1.807, 2.05) is 11.4 Å². The number of nitrogens with two attached hydrogens (primary N) is 1. The molecule has 0 radical (unpaired) electrons. The van der Waals surface area contributed by atoms with Gasteiger partial charge in [0.1, 0.15) is 10.8 Å². The molecule has 0 bridgehead atoms. The van der Waals surface area contributed by atoms with Crippen LogP contribution in [0.2, 0.25) is 0 Å². The SMILES string of the molecule is NC1(c2nc(-c3ccccc3F)cs2)CCCCCC1. The van der Waals surface area contributed by atoms with E-state index in [0.717, 1.165) is 30.7 Å². The van der Waals surface area contributed by atoms with Crippen LogP contribution in [0.1, 0.15) is 43.5 Å². The molecule has 20 heavy (non-hydrogen) atoms. The predicted molar refractivity (Wildman–Crippen MR) is 81.1 cm³/mol. The van der Waals surface area contributed by atoms with Crippen LogP contribution in [0.5, 0.6) is 0 Å². The zero-order valence-electron chi connectivity index (χ0n) is 11.4. The van der Waals surface area contributed by atoms with Crippen molar-refractivity contribution >= 4 is 11.3 Å². The quantitative estimate of drug-likeness (QED) is 0.829. The standard InChI is InChI=1S/C16H19FN2S/c17-13-8-4-3-7-12(13)14-11-20-15(19-14)16(18)9-5-1-2-6-10-16/h3-4,7-8,11H,1-2,5-6,9-10,18H2. The molecule has 0 saturated heterocycles. The average Bonchev–Trinajstić information content (AvgIpc) is 2.84. The number of benzene rings is 1. The fraction of sp³-hybridized carbons (Fsp3) is 0.438. The lowest BCUT2D eigenvalue weighted by Crippen LogP contribution is -2.35. The maximum Gasteiger partial charge on any atom is 0.132 e. The van der Waals surface area contributed by atoms with Gasteiger partial charge in [-0.25, -0.2) is 9.37 Å². The molecule has 4 heteroatoms. The molecule has 106 valence electrons. The summed E-state index contributed by atoms with van der Waals surface area (Å²) < 4.78 is 13.8. The van der Waals surface area contributed by atoms with Crippen molar-refractivity contribution in [2.45, 2.75) is 44.1 Å². The number of halogens is 1. The second-order valence-electron chi connectivity index (χ2n) is 5.59. The molecule has 0 unspecified atom stereocenters. The van der Waals surface area contributed by atoms with Crippen LogP contribution in [-0.4, -0.2) is 4.98 Å². The summed E-state index contributed by atoms with van der Waals surface area (Å²) in [7, 11) is 0. The van der Waals surface area contributed by atoms with Gasteiger partial charge in [-0.1, -0.05) is 37.8 Å². The molecule has 0 spiro atoms. The van der Waals surface area contributed by atoms with E-state index in [1.165, 1.54) is 18.9 Å². The van der Waals surface area contributed by atoms with Gasteiger partial charge in [-0.15, -0.1) is 11.3 Å². The molecule has 0 amide bonds. The monoisotopic (exact) mass is 290 g/mol. The Balaban J connectivity index is 1.92. The van der Waals surface area contributed by atoms with Crippen LogP contribution < -0.4 is 5.73 Å². The number of aromatic nitrogens is 1. The largest absolute Gasteiger partial charge is 0.319 e. The molecule has 1 aliphatic carbocycles. The first kappa shape index (κ1) is 13.7. The third-order valence-corrected chi connectivity index (χ3v) is 5.14. The average molecular weight is 290 g/mol. The lowest BCUT2D eigenvalue weighted by Gasteiger charge is -2.25. The van der Waals surface area contributed by atoms with Gasteiger partial charge in [0, 0.05) is 10.9 Å². The van der Waals surface area contributed by atoms with Gasteiger partial charge in [0.05, 0.1) is 11.2 Å². The molecule has 1 aromatic heterocycles. The van der Waals surface area contributed by atoms with Crippen LogP contribution in [0, 0.1) is 5.82 Å². The smallest absolute Gasteiger partial charge is 0.132 e. The molecule has 1 aliphatic rings. The van der Waals surface area contributed by atoms with Gasteiger partial charge < -0.3 is 5.73 Å². The first-order valence-corrected chi connectivity index (χ1v) is 8.07. The summed E-state index contributed by atoms with van der Waals surface area (Å²) in [4.78, 5) is 4.63. The Kier molecular flexibility index (Phi) is 3.85. The van der Waals surface area contributed by atoms with E-state index in [1.54, 1.807) is 23.5 Å². The van der Waals surface area contributed by atoms with Gasteiger partial charge in [-0.05, 0) is 25.0 Å². The molecule has 2 aromatic rings. The summed E-state index contributed by atoms with van der Waals surface area (Å²) in [5.41, 5.74) is 7.52. The van der Waals surface area contributed by atoms with Crippen molar-refractivity contribution in [2.24, 2.45) is 5.73 Å². The third-order valence-electron chi connectivity index (χ3n) is 4.08.